The van der Waals surface area contributed by atoms with Crippen LogP contribution in [0, 0.1) is 0 Å². The summed E-state index contributed by atoms with van der Waals surface area (Å²) in [7, 11) is 0. The van der Waals surface area contributed by atoms with Crippen LogP contribution in [0.15, 0.2) is 61.1 Å². The first-order valence-electron chi connectivity index (χ1n) is 9.04. The minimum absolute atomic E-state index is 0.00900. The van der Waals surface area contributed by atoms with E-state index < -0.39 is 0 Å². The van der Waals surface area contributed by atoms with Crippen LogP contribution in [-0.2, 0) is 4.74 Å². The number of hydrogen-bond acceptors (Lipinski definition) is 5. The molecule has 1 aliphatic rings. The molecule has 1 saturated heterocycles. The van der Waals surface area contributed by atoms with Crippen molar-refractivity contribution >= 4 is 28.3 Å². The van der Waals surface area contributed by atoms with Gasteiger partial charge in [-0.15, -0.1) is 0 Å². The molecule has 27 heavy (non-hydrogen) atoms. The topological polar surface area (TPSA) is 78.3 Å². The van der Waals surface area contributed by atoms with Gasteiger partial charge in [0.15, 0.2) is 5.82 Å². The third-order valence-corrected chi connectivity index (χ3v) is 5.03. The Balaban J connectivity index is 1.34. The summed E-state index contributed by atoms with van der Waals surface area (Å²) in [6.45, 7) is 0. The number of hydrogen-bond donors (Lipinski definition) is 1. The summed E-state index contributed by atoms with van der Waals surface area (Å²) in [6.07, 6.45) is 9.55. The first kappa shape index (κ1) is 16.0. The first-order valence-corrected chi connectivity index (χ1v) is 9.04. The summed E-state index contributed by atoms with van der Waals surface area (Å²) in [5, 5.41) is 5.46. The summed E-state index contributed by atoms with van der Waals surface area (Å²) in [6, 6.07) is 14.3. The molecule has 6 heteroatoms. The normalized spacial score (nSPS) is 20.1. The predicted octanol–water partition coefficient (Wildman–Crippen LogP) is 3.79. The van der Waals surface area contributed by atoms with E-state index in [9.17, 15) is 0 Å². The SMILES string of the molecule is Nc1ncnn2c(C3CCC(/C=C/c4ccc5cccnc5c4)O3)ccc12. The zero-order valence-corrected chi connectivity index (χ0v) is 14.7. The number of fused-ring (bicyclic) bond motifs is 2. The quantitative estimate of drug-likeness (QED) is 0.603. The molecule has 0 amide bonds. The van der Waals surface area contributed by atoms with Crippen molar-refractivity contribution in [3.63, 3.8) is 0 Å². The molecule has 4 heterocycles. The van der Waals surface area contributed by atoms with Gasteiger partial charge in [0.05, 0.1) is 17.3 Å². The van der Waals surface area contributed by atoms with Gasteiger partial charge in [0.2, 0.25) is 0 Å². The number of nitrogens with zero attached hydrogens (tertiary/aromatic N) is 4. The Labute approximate surface area is 156 Å². The molecule has 5 rings (SSSR count). The molecule has 2 N–H and O–H groups in total. The Bertz CT molecular complexity index is 1150. The Morgan fingerprint density at radius 2 is 2.07 bits per heavy atom. The smallest absolute Gasteiger partial charge is 0.151 e. The van der Waals surface area contributed by atoms with E-state index in [-0.39, 0.29) is 12.2 Å². The predicted molar refractivity (Wildman–Crippen MR) is 105 cm³/mol. The van der Waals surface area contributed by atoms with E-state index >= 15 is 0 Å². The number of benzene rings is 1. The van der Waals surface area contributed by atoms with Crippen LogP contribution in [0.4, 0.5) is 5.82 Å². The Kier molecular flexibility index (Phi) is 3.83. The number of nitrogens with two attached hydrogens (primary N) is 1. The molecule has 0 bridgehead atoms. The van der Waals surface area contributed by atoms with E-state index in [1.54, 1.807) is 0 Å². The van der Waals surface area contributed by atoms with Crippen LogP contribution in [0.2, 0.25) is 0 Å². The van der Waals surface area contributed by atoms with Crippen molar-refractivity contribution in [3.05, 3.63) is 72.3 Å². The van der Waals surface area contributed by atoms with Gasteiger partial charge >= 0.3 is 0 Å². The fraction of sp³-hybridized carbons (Fsp3) is 0.190. The number of pyridine rings is 1. The van der Waals surface area contributed by atoms with Crippen LogP contribution < -0.4 is 5.73 Å². The van der Waals surface area contributed by atoms with E-state index in [0.29, 0.717) is 5.82 Å². The second-order valence-electron chi connectivity index (χ2n) is 6.76. The molecule has 1 fully saturated rings. The second kappa shape index (κ2) is 6.48. The molecule has 4 aromatic rings. The summed E-state index contributed by atoms with van der Waals surface area (Å²) >= 11 is 0. The lowest BCUT2D eigenvalue weighted by atomic mass is 10.1. The third-order valence-electron chi connectivity index (χ3n) is 5.03. The van der Waals surface area contributed by atoms with Crippen LogP contribution in [0.25, 0.3) is 22.5 Å². The number of rotatable bonds is 3. The number of ether oxygens (including phenoxy) is 1. The van der Waals surface area contributed by atoms with Gasteiger partial charge in [0.25, 0.3) is 0 Å². The molecule has 2 atom stereocenters. The largest absolute Gasteiger partial charge is 0.382 e. The van der Waals surface area contributed by atoms with E-state index in [4.69, 9.17) is 10.5 Å². The zero-order valence-electron chi connectivity index (χ0n) is 14.7. The summed E-state index contributed by atoms with van der Waals surface area (Å²) in [5.41, 5.74) is 9.88. The molecule has 134 valence electrons. The lowest BCUT2D eigenvalue weighted by molar-refractivity contribution is 0.0676. The highest BCUT2D eigenvalue weighted by atomic mass is 16.5. The van der Waals surface area contributed by atoms with Crippen molar-refractivity contribution in [2.75, 3.05) is 5.73 Å². The molecule has 0 aliphatic carbocycles. The summed E-state index contributed by atoms with van der Waals surface area (Å²) in [5.74, 6) is 0.482. The van der Waals surface area contributed by atoms with Crippen molar-refractivity contribution < 1.29 is 4.74 Å². The van der Waals surface area contributed by atoms with Gasteiger partial charge in [-0.1, -0.05) is 30.4 Å². The highest BCUT2D eigenvalue weighted by molar-refractivity contribution is 5.80. The second-order valence-corrected chi connectivity index (χ2v) is 6.76. The summed E-state index contributed by atoms with van der Waals surface area (Å²) in [4.78, 5) is 8.45. The number of aromatic nitrogens is 4. The van der Waals surface area contributed by atoms with Crippen LogP contribution in [-0.4, -0.2) is 25.7 Å². The minimum Gasteiger partial charge on any atom is -0.382 e. The van der Waals surface area contributed by atoms with Gasteiger partial charge in [-0.25, -0.2) is 9.50 Å². The first-order chi connectivity index (χ1) is 13.3. The van der Waals surface area contributed by atoms with Gasteiger partial charge in [-0.2, -0.15) is 5.10 Å². The Hall–Kier alpha value is -3.25. The van der Waals surface area contributed by atoms with Crippen molar-refractivity contribution in [1.82, 2.24) is 19.6 Å². The molecule has 0 radical (unpaired) electrons. The number of anilines is 1. The highest BCUT2D eigenvalue weighted by Crippen LogP contribution is 2.34. The van der Waals surface area contributed by atoms with Crippen molar-refractivity contribution in [3.8, 4) is 0 Å². The minimum atomic E-state index is 0.00900. The Morgan fingerprint density at radius 3 is 3.04 bits per heavy atom. The lowest BCUT2D eigenvalue weighted by Gasteiger charge is -2.11. The monoisotopic (exact) mass is 357 g/mol. The lowest BCUT2D eigenvalue weighted by Crippen LogP contribution is -2.07. The van der Waals surface area contributed by atoms with E-state index in [2.05, 4.69) is 51.5 Å². The van der Waals surface area contributed by atoms with Crippen molar-refractivity contribution in [1.29, 1.82) is 0 Å². The average Bonchev–Trinajstić information content (AvgIpc) is 3.33. The van der Waals surface area contributed by atoms with Gasteiger partial charge < -0.3 is 10.5 Å². The van der Waals surface area contributed by atoms with Gasteiger partial charge in [0.1, 0.15) is 17.9 Å². The molecule has 1 aliphatic heterocycles. The third kappa shape index (κ3) is 2.94. The average molecular weight is 357 g/mol. The zero-order chi connectivity index (χ0) is 18.2. The van der Waals surface area contributed by atoms with Gasteiger partial charge in [-0.3, -0.25) is 4.98 Å². The molecule has 3 aromatic heterocycles. The molecular formula is C21H19N5O. The highest BCUT2D eigenvalue weighted by Gasteiger charge is 2.27. The van der Waals surface area contributed by atoms with Crippen LogP contribution in [0.5, 0.6) is 0 Å². The van der Waals surface area contributed by atoms with E-state index in [0.717, 1.165) is 40.5 Å². The fourth-order valence-electron chi connectivity index (χ4n) is 3.64. The van der Waals surface area contributed by atoms with Gasteiger partial charge in [-0.05, 0) is 42.7 Å². The maximum absolute atomic E-state index is 6.24. The number of nitrogen functional groups attached to an aromatic ring is 1. The van der Waals surface area contributed by atoms with Crippen LogP contribution >= 0.6 is 0 Å². The standard InChI is InChI=1S/C21H19N5O/c22-21-19-9-8-18(26(19)25-13-24-21)20-10-7-16(27-20)6-4-14-3-5-15-2-1-11-23-17(15)12-14/h1-6,8-9,11-13,16,20H,7,10H2,(H2,22,24,25)/b6-4+. The van der Waals surface area contributed by atoms with E-state index in [1.165, 1.54) is 6.33 Å². The van der Waals surface area contributed by atoms with Crippen LogP contribution in [0.3, 0.4) is 0 Å². The van der Waals surface area contributed by atoms with Crippen molar-refractivity contribution in [2.45, 2.75) is 25.0 Å². The van der Waals surface area contributed by atoms with Gasteiger partial charge in [0, 0.05) is 11.6 Å². The Morgan fingerprint density at radius 1 is 1.11 bits per heavy atom. The fourth-order valence-corrected chi connectivity index (χ4v) is 3.64. The molecule has 6 nitrogen and oxygen atoms in total. The molecular weight excluding hydrogens is 338 g/mol. The maximum Gasteiger partial charge on any atom is 0.151 e. The molecule has 1 aromatic carbocycles. The van der Waals surface area contributed by atoms with Crippen LogP contribution in [0.1, 0.15) is 30.2 Å². The van der Waals surface area contributed by atoms with Crippen molar-refractivity contribution in [2.24, 2.45) is 0 Å². The maximum atomic E-state index is 6.24. The summed E-state index contributed by atoms with van der Waals surface area (Å²) < 4.78 is 8.07. The molecule has 0 saturated carbocycles. The molecule has 0 spiro atoms. The van der Waals surface area contributed by atoms with E-state index in [1.807, 2.05) is 28.9 Å². The molecule has 2 unspecified atom stereocenters.